The van der Waals surface area contributed by atoms with Crippen LogP contribution in [0.15, 0.2) is 48.6 Å². The molecule has 0 spiro atoms. The molecule has 2 atom stereocenters. The van der Waals surface area contributed by atoms with Gasteiger partial charge in [-0.25, -0.2) is 4.39 Å². The van der Waals surface area contributed by atoms with Crippen LogP contribution in [0, 0.1) is 23.6 Å². The molecule has 2 nitrogen and oxygen atoms in total. The fourth-order valence-corrected chi connectivity index (χ4v) is 6.09. The number of allylic oxidation sites excluding steroid dienone is 1. The van der Waals surface area contributed by atoms with Gasteiger partial charge in [0.1, 0.15) is 11.6 Å². The number of unbranched alkanes of at least 4 members (excludes halogenated alkanes) is 2. The molecule has 6 heteroatoms. The molecule has 0 radical (unpaired) electrons. The van der Waals surface area contributed by atoms with Gasteiger partial charge in [-0.3, -0.25) is 0 Å². The molecule has 0 amide bonds. The minimum Gasteiger partial charge on any atom is -0.494 e. The zero-order chi connectivity index (χ0) is 27.8. The SMILES string of the molecule is CCCCCC1CCC(/C=C/C2CCC(c3ccc(-c4ccc(OCC)cc4)c(C(F)(F)F)c3F)OC2)CC1. The van der Waals surface area contributed by atoms with Crippen LogP contribution in [-0.2, 0) is 10.9 Å². The number of benzene rings is 2. The summed E-state index contributed by atoms with van der Waals surface area (Å²) in [4.78, 5) is 0. The summed E-state index contributed by atoms with van der Waals surface area (Å²) in [5.74, 6) is 1.02. The second kappa shape index (κ2) is 13.8. The molecule has 4 rings (SSSR count). The summed E-state index contributed by atoms with van der Waals surface area (Å²) >= 11 is 0. The molecule has 0 aromatic heterocycles. The number of alkyl halides is 3. The maximum atomic E-state index is 15.5. The van der Waals surface area contributed by atoms with Crippen molar-refractivity contribution in [1.29, 1.82) is 0 Å². The van der Waals surface area contributed by atoms with Gasteiger partial charge in [0.05, 0.1) is 24.9 Å². The Kier molecular flexibility index (Phi) is 10.5. The van der Waals surface area contributed by atoms with E-state index in [1.54, 1.807) is 12.1 Å². The standard InChI is InChI=1S/C33H42F4O2/c1-3-5-6-7-23-8-10-24(11-9-23)12-13-25-14-21-30(39-22-25)29-20-19-28(31(32(29)34)33(35,36)37)26-15-17-27(18-16-26)38-4-2/h12-13,15-20,23-25,30H,3-11,14,21-22H2,1-2H3/b13-12+. The van der Waals surface area contributed by atoms with Crippen LogP contribution in [0.4, 0.5) is 17.6 Å². The van der Waals surface area contributed by atoms with Gasteiger partial charge >= 0.3 is 6.18 Å². The maximum absolute atomic E-state index is 15.5. The largest absolute Gasteiger partial charge is 0.494 e. The molecule has 0 bridgehead atoms. The zero-order valence-electron chi connectivity index (χ0n) is 23.2. The average molecular weight is 547 g/mol. The molecule has 1 aliphatic heterocycles. The van der Waals surface area contributed by atoms with E-state index in [1.165, 1.54) is 75.6 Å². The van der Waals surface area contributed by atoms with Crippen molar-refractivity contribution < 1.29 is 27.0 Å². The van der Waals surface area contributed by atoms with Crippen LogP contribution >= 0.6 is 0 Å². The Morgan fingerprint density at radius 1 is 0.872 bits per heavy atom. The molecular weight excluding hydrogens is 504 g/mol. The molecule has 1 heterocycles. The topological polar surface area (TPSA) is 18.5 Å². The number of hydrogen-bond acceptors (Lipinski definition) is 2. The lowest BCUT2D eigenvalue weighted by atomic mass is 9.79. The van der Waals surface area contributed by atoms with Crippen molar-refractivity contribution in [2.75, 3.05) is 13.2 Å². The van der Waals surface area contributed by atoms with Crippen molar-refractivity contribution >= 4 is 0 Å². The molecule has 2 aromatic rings. The Morgan fingerprint density at radius 3 is 2.18 bits per heavy atom. The molecule has 39 heavy (non-hydrogen) atoms. The monoisotopic (exact) mass is 546 g/mol. The first-order valence-corrected chi connectivity index (χ1v) is 14.7. The van der Waals surface area contributed by atoms with E-state index in [2.05, 4.69) is 19.1 Å². The van der Waals surface area contributed by atoms with Gasteiger partial charge in [-0.2, -0.15) is 13.2 Å². The summed E-state index contributed by atoms with van der Waals surface area (Å²) < 4.78 is 69.0. The quantitative estimate of drug-likeness (QED) is 0.168. The molecule has 2 fully saturated rings. The Labute approximate surface area is 230 Å². The summed E-state index contributed by atoms with van der Waals surface area (Å²) in [7, 11) is 0. The van der Waals surface area contributed by atoms with Crippen LogP contribution in [-0.4, -0.2) is 13.2 Å². The van der Waals surface area contributed by atoms with Gasteiger partial charge in [-0.1, -0.05) is 69.0 Å². The molecule has 1 aliphatic carbocycles. The van der Waals surface area contributed by atoms with Crippen LogP contribution in [0.3, 0.4) is 0 Å². The number of ether oxygens (including phenoxy) is 2. The van der Waals surface area contributed by atoms with Crippen LogP contribution in [0.25, 0.3) is 11.1 Å². The molecular formula is C33H42F4O2. The third-order valence-corrected chi connectivity index (χ3v) is 8.35. The maximum Gasteiger partial charge on any atom is 0.419 e. The van der Waals surface area contributed by atoms with Gasteiger partial charge < -0.3 is 9.47 Å². The summed E-state index contributed by atoms with van der Waals surface area (Å²) in [6.45, 7) is 4.93. The lowest BCUT2D eigenvalue weighted by Crippen LogP contribution is -2.22. The van der Waals surface area contributed by atoms with Crippen molar-refractivity contribution in [3.05, 3.63) is 65.5 Å². The van der Waals surface area contributed by atoms with Crippen molar-refractivity contribution in [3.63, 3.8) is 0 Å². The van der Waals surface area contributed by atoms with Gasteiger partial charge in [-0.05, 0) is 80.5 Å². The third kappa shape index (κ3) is 7.87. The lowest BCUT2D eigenvalue weighted by molar-refractivity contribution is -0.139. The highest BCUT2D eigenvalue weighted by molar-refractivity contribution is 5.69. The van der Waals surface area contributed by atoms with E-state index in [4.69, 9.17) is 9.47 Å². The van der Waals surface area contributed by atoms with E-state index in [-0.39, 0.29) is 17.0 Å². The Hall–Kier alpha value is -2.34. The second-order valence-electron chi connectivity index (χ2n) is 11.2. The Bertz CT molecular complexity index is 1060. The van der Waals surface area contributed by atoms with Crippen molar-refractivity contribution in [2.24, 2.45) is 17.8 Å². The van der Waals surface area contributed by atoms with Crippen molar-refractivity contribution in [3.8, 4) is 16.9 Å². The number of rotatable bonds is 10. The average Bonchev–Trinajstić information content (AvgIpc) is 2.93. The Balaban J connectivity index is 1.37. The van der Waals surface area contributed by atoms with Gasteiger partial charge in [0.15, 0.2) is 0 Å². The van der Waals surface area contributed by atoms with Gasteiger partial charge in [0.25, 0.3) is 0 Å². The van der Waals surface area contributed by atoms with Crippen LogP contribution in [0.1, 0.15) is 95.3 Å². The zero-order valence-corrected chi connectivity index (χ0v) is 23.2. The molecule has 1 saturated heterocycles. The van der Waals surface area contributed by atoms with Crippen molar-refractivity contribution in [1.82, 2.24) is 0 Å². The predicted octanol–water partition coefficient (Wildman–Crippen LogP) is 10.3. The van der Waals surface area contributed by atoms with E-state index >= 15 is 4.39 Å². The van der Waals surface area contributed by atoms with Gasteiger partial charge in [-0.15, -0.1) is 0 Å². The molecule has 2 aromatic carbocycles. The fraction of sp³-hybridized carbons (Fsp3) is 0.576. The predicted molar refractivity (Wildman–Crippen MR) is 148 cm³/mol. The van der Waals surface area contributed by atoms with E-state index in [9.17, 15) is 13.2 Å². The Morgan fingerprint density at radius 2 is 1.56 bits per heavy atom. The first-order chi connectivity index (χ1) is 18.8. The summed E-state index contributed by atoms with van der Waals surface area (Å²) in [6, 6.07) is 9.08. The summed E-state index contributed by atoms with van der Waals surface area (Å²) in [5.41, 5.74) is -1.13. The second-order valence-corrected chi connectivity index (χ2v) is 11.2. The van der Waals surface area contributed by atoms with Crippen LogP contribution < -0.4 is 4.74 Å². The number of halogens is 4. The molecule has 1 saturated carbocycles. The summed E-state index contributed by atoms with van der Waals surface area (Å²) in [6.07, 6.45) is 10.7. The van der Waals surface area contributed by atoms with E-state index < -0.39 is 23.7 Å². The molecule has 214 valence electrons. The third-order valence-electron chi connectivity index (χ3n) is 8.35. The first kappa shape index (κ1) is 29.6. The van der Waals surface area contributed by atoms with Gasteiger partial charge in [0, 0.05) is 11.5 Å². The molecule has 2 aliphatic rings. The highest BCUT2D eigenvalue weighted by atomic mass is 19.4. The molecule has 0 N–H and O–H groups in total. The summed E-state index contributed by atoms with van der Waals surface area (Å²) in [5, 5.41) is 0. The highest BCUT2D eigenvalue weighted by Crippen LogP contribution is 2.43. The van der Waals surface area contributed by atoms with E-state index in [1.807, 2.05) is 6.92 Å². The smallest absolute Gasteiger partial charge is 0.419 e. The first-order valence-electron chi connectivity index (χ1n) is 14.7. The minimum absolute atomic E-state index is 0.0131. The van der Waals surface area contributed by atoms with Crippen LogP contribution in [0.2, 0.25) is 0 Å². The van der Waals surface area contributed by atoms with Crippen molar-refractivity contribution in [2.45, 2.75) is 90.3 Å². The number of hydrogen-bond donors (Lipinski definition) is 0. The highest BCUT2D eigenvalue weighted by Gasteiger charge is 2.39. The van der Waals surface area contributed by atoms with Crippen LogP contribution in [0.5, 0.6) is 5.75 Å². The van der Waals surface area contributed by atoms with Gasteiger partial charge in [0.2, 0.25) is 0 Å². The fourth-order valence-electron chi connectivity index (χ4n) is 6.09. The minimum atomic E-state index is -4.83. The van der Waals surface area contributed by atoms with E-state index in [0.717, 1.165) is 12.3 Å². The lowest BCUT2D eigenvalue weighted by Gasteiger charge is -2.30. The molecule has 2 unspecified atom stereocenters. The van der Waals surface area contributed by atoms with E-state index in [0.29, 0.717) is 36.9 Å². The normalized spacial score (nSPS) is 24.3.